The van der Waals surface area contributed by atoms with Gasteiger partial charge in [0.2, 0.25) is 0 Å². The Labute approximate surface area is 81.7 Å². The molecule has 1 fully saturated rings. The highest BCUT2D eigenvalue weighted by Gasteiger charge is 2.24. The Morgan fingerprint density at radius 3 is 2.54 bits per heavy atom. The number of aliphatic hydroxyl groups is 1. The van der Waals surface area contributed by atoms with Crippen molar-refractivity contribution >= 4 is 0 Å². The fourth-order valence-electron chi connectivity index (χ4n) is 2.17. The molecule has 0 aliphatic carbocycles. The SMILES string of the molecule is CCC(CC)CC(O)C1CCCN1. The minimum atomic E-state index is -0.118. The van der Waals surface area contributed by atoms with E-state index in [4.69, 9.17) is 0 Å². The molecule has 1 heterocycles. The molecule has 78 valence electrons. The molecule has 13 heavy (non-hydrogen) atoms. The van der Waals surface area contributed by atoms with E-state index < -0.39 is 0 Å². The standard InChI is InChI=1S/C11H23NO/c1-3-9(4-2)8-11(13)10-6-5-7-12-10/h9-13H,3-8H2,1-2H3. The zero-order chi connectivity index (χ0) is 9.68. The molecule has 1 aliphatic heterocycles. The summed E-state index contributed by atoms with van der Waals surface area (Å²) in [6.45, 7) is 5.51. The van der Waals surface area contributed by atoms with E-state index in [2.05, 4.69) is 19.2 Å². The van der Waals surface area contributed by atoms with Crippen molar-refractivity contribution in [3.05, 3.63) is 0 Å². The zero-order valence-electron chi connectivity index (χ0n) is 8.92. The molecule has 0 saturated carbocycles. The third-order valence-electron chi connectivity index (χ3n) is 3.29. The van der Waals surface area contributed by atoms with Crippen molar-refractivity contribution in [2.75, 3.05) is 6.54 Å². The Kier molecular flexibility index (Phi) is 4.74. The Hall–Kier alpha value is -0.0800. The topological polar surface area (TPSA) is 32.3 Å². The van der Waals surface area contributed by atoms with Crippen LogP contribution in [0, 0.1) is 5.92 Å². The van der Waals surface area contributed by atoms with Crippen molar-refractivity contribution in [1.29, 1.82) is 0 Å². The van der Waals surface area contributed by atoms with Crippen molar-refractivity contribution in [3.63, 3.8) is 0 Å². The lowest BCUT2D eigenvalue weighted by Crippen LogP contribution is -2.35. The molecule has 0 amide bonds. The minimum absolute atomic E-state index is 0.118. The highest BCUT2D eigenvalue weighted by atomic mass is 16.3. The molecule has 2 N–H and O–H groups in total. The largest absolute Gasteiger partial charge is 0.391 e. The Bertz CT molecular complexity index is 128. The number of nitrogens with one attached hydrogen (secondary N) is 1. The maximum Gasteiger partial charge on any atom is 0.0695 e. The predicted molar refractivity (Wildman–Crippen MR) is 55.7 cm³/mol. The van der Waals surface area contributed by atoms with Gasteiger partial charge in [0.15, 0.2) is 0 Å². The summed E-state index contributed by atoms with van der Waals surface area (Å²) in [7, 11) is 0. The first-order valence-electron chi connectivity index (χ1n) is 5.69. The van der Waals surface area contributed by atoms with Gasteiger partial charge in [0.1, 0.15) is 0 Å². The van der Waals surface area contributed by atoms with Crippen LogP contribution in [0.1, 0.15) is 46.0 Å². The van der Waals surface area contributed by atoms with Crippen molar-refractivity contribution in [2.24, 2.45) is 5.92 Å². The molecule has 0 radical (unpaired) electrons. The Morgan fingerprint density at radius 1 is 1.38 bits per heavy atom. The van der Waals surface area contributed by atoms with Crippen LogP contribution < -0.4 is 5.32 Å². The van der Waals surface area contributed by atoms with Gasteiger partial charge in [-0.15, -0.1) is 0 Å². The molecule has 1 aliphatic rings. The van der Waals surface area contributed by atoms with Gasteiger partial charge in [-0.1, -0.05) is 26.7 Å². The van der Waals surface area contributed by atoms with Crippen LogP contribution in [0.5, 0.6) is 0 Å². The second-order valence-corrected chi connectivity index (χ2v) is 4.19. The minimum Gasteiger partial charge on any atom is -0.391 e. The van der Waals surface area contributed by atoms with E-state index in [1.165, 1.54) is 19.3 Å². The summed E-state index contributed by atoms with van der Waals surface area (Å²) >= 11 is 0. The normalized spacial score (nSPS) is 25.4. The maximum absolute atomic E-state index is 9.92. The molecule has 1 rings (SSSR count). The summed E-state index contributed by atoms with van der Waals surface area (Å²) < 4.78 is 0. The summed E-state index contributed by atoms with van der Waals surface area (Å²) in [6.07, 6.45) is 5.63. The number of aliphatic hydroxyl groups excluding tert-OH is 1. The molecule has 0 aromatic carbocycles. The van der Waals surface area contributed by atoms with E-state index in [-0.39, 0.29) is 6.10 Å². The van der Waals surface area contributed by atoms with E-state index in [1.54, 1.807) is 0 Å². The first-order chi connectivity index (χ1) is 6.27. The third kappa shape index (κ3) is 3.28. The average Bonchev–Trinajstić information content (AvgIpc) is 2.66. The van der Waals surface area contributed by atoms with Crippen LogP contribution in [0.3, 0.4) is 0 Å². The molecule has 0 aromatic rings. The summed E-state index contributed by atoms with van der Waals surface area (Å²) in [5.41, 5.74) is 0. The van der Waals surface area contributed by atoms with Crippen LogP contribution in [0.15, 0.2) is 0 Å². The van der Waals surface area contributed by atoms with E-state index >= 15 is 0 Å². The van der Waals surface area contributed by atoms with E-state index in [1.807, 2.05) is 0 Å². The van der Waals surface area contributed by atoms with Gasteiger partial charge in [-0.2, -0.15) is 0 Å². The van der Waals surface area contributed by atoms with E-state index in [0.29, 0.717) is 12.0 Å². The fourth-order valence-corrected chi connectivity index (χ4v) is 2.17. The summed E-state index contributed by atoms with van der Waals surface area (Å²) in [5.74, 6) is 0.706. The van der Waals surface area contributed by atoms with Gasteiger partial charge in [0.25, 0.3) is 0 Å². The predicted octanol–water partition coefficient (Wildman–Crippen LogP) is 1.93. The Balaban J connectivity index is 2.25. The summed E-state index contributed by atoms with van der Waals surface area (Å²) in [5, 5.41) is 13.3. The van der Waals surface area contributed by atoms with Crippen LogP contribution in [0.4, 0.5) is 0 Å². The van der Waals surface area contributed by atoms with Crippen molar-refractivity contribution in [2.45, 2.75) is 58.1 Å². The van der Waals surface area contributed by atoms with Crippen LogP contribution in [0.2, 0.25) is 0 Å². The highest BCUT2D eigenvalue weighted by Crippen LogP contribution is 2.20. The second-order valence-electron chi connectivity index (χ2n) is 4.19. The van der Waals surface area contributed by atoms with E-state index in [9.17, 15) is 5.11 Å². The van der Waals surface area contributed by atoms with E-state index in [0.717, 1.165) is 19.4 Å². The third-order valence-corrected chi connectivity index (χ3v) is 3.29. The molecule has 0 aromatic heterocycles. The monoisotopic (exact) mass is 185 g/mol. The summed E-state index contributed by atoms with van der Waals surface area (Å²) in [4.78, 5) is 0. The lowest BCUT2D eigenvalue weighted by atomic mass is 9.92. The van der Waals surface area contributed by atoms with Crippen molar-refractivity contribution in [1.82, 2.24) is 5.32 Å². The molecular weight excluding hydrogens is 162 g/mol. The molecule has 0 spiro atoms. The fraction of sp³-hybridized carbons (Fsp3) is 1.00. The summed E-state index contributed by atoms with van der Waals surface area (Å²) in [6, 6.07) is 0.376. The van der Waals surface area contributed by atoms with Crippen molar-refractivity contribution < 1.29 is 5.11 Å². The van der Waals surface area contributed by atoms with Gasteiger partial charge in [-0.3, -0.25) is 0 Å². The van der Waals surface area contributed by atoms with Gasteiger partial charge in [-0.25, -0.2) is 0 Å². The zero-order valence-corrected chi connectivity index (χ0v) is 8.92. The molecule has 2 heteroatoms. The molecule has 0 bridgehead atoms. The van der Waals surface area contributed by atoms with Crippen LogP contribution in [0.25, 0.3) is 0 Å². The molecule has 2 unspecified atom stereocenters. The van der Waals surface area contributed by atoms with Gasteiger partial charge >= 0.3 is 0 Å². The van der Waals surface area contributed by atoms with Crippen molar-refractivity contribution in [3.8, 4) is 0 Å². The molecule has 2 nitrogen and oxygen atoms in total. The quantitative estimate of drug-likeness (QED) is 0.686. The lowest BCUT2D eigenvalue weighted by Gasteiger charge is -2.22. The molecule has 1 saturated heterocycles. The van der Waals surface area contributed by atoms with Crippen LogP contribution in [-0.2, 0) is 0 Å². The van der Waals surface area contributed by atoms with Gasteiger partial charge < -0.3 is 10.4 Å². The number of rotatable bonds is 5. The highest BCUT2D eigenvalue weighted by molar-refractivity contribution is 4.82. The first-order valence-corrected chi connectivity index (χ1v) is 5.69. The lowest BCUT2D eigenvalue weighted by molar-refractivity contribution is 0.105. The van der Waals surface area contributed by atoms with Gasteiger partial charge in [-0.05, 0) is 31.7 Å². The average molecular weight is 185 g/mol. The van der Waals surface area contributed by atoms with Crippen LogP contribution in [-0.4, -0.2) is 23.8 Å². The van der Waals surface area contributed by atoms with Gasteiger partial charge in [0.05, 0.1) is 6.10 Å². The molecular formula is C11H23NO. The number of hydrogen-bond donors (Lipinski definition) is 2. The van der Waals surface area contributed by atoms with Crippen LogP contribution >= 0.6 is 0 Å². The van der Waals surface area contributed by atoms with Gasteiger partial charge in [0, 0.05) is 6.04 Å². The maximum atomic E-state index is 9.92. The second kappa shape index (κ2) is 5.61. The first kappa shape index (κ1) is 11.0. The molecule has 2 atom stereocenters. The smallest absolute Gasteiger partial charge is 0.0695 e. The Morgan fingerprint density at radius 2 is 2.08 bits per heavy atom. The number of hydrogen-bond acceptors (Lipinski definition) is 2.